The van der Waals surface area contributed by atoms with E-state index in [1.165, 1.54) is 0 Å². The zero-order chi connectivity index (χ0) is 12.1. The second-order valence-electron chi connectivity index (χ2n) is 4.64. The number of benzene rings is 1. The third-order valence-corrected chi connectivity index (χ3v) is 4.52. The maximum Gasteiger partial charge on any atom is 0.195 e. The van der Waals surface area contributed by atoms with Gasteiger partial charge in [-0.25, -0.2) is 13.8 Å². The summed E-state index contributed by atoms with van der Waals surface area (Å²) in [7, 11) is -1.80. The van der Waals surface area contributed by atoms with Crippen molar-refractivity contribution in [3.8, 4) is 0 Å². The van der Waals surface area contributed by atoms with Crippen LogP contribution >= 0.6 is 11.6 Å². The van der Waals surface area contributed by atoms with Crippen molar-refractivity contribution in [2.45, 2.75) is 19.6 Å². The van der Waals surface area contributed by atoms with Crippen molar-refractivity contribution in [2.75, 3.05) is 0 Å². The molecule has 2 nitrogen and oxygen atoms in total. The minimum Gasteiger partial charge on any atom is -0.343 e. The molecule has 2 rings (SSSR count). The van der Waals surface area contributed by atoms with Crippen molar-refractivity contribution < 1.29 is 8.78 Å². The number of hydrogen-bond donors (Lipinski definition) is 0. The molecule has 0 aliphatic heterocycles. The number of halogens is 3. The molecular weight excluding hydrogens is 250 g/mol. The van der Waals surface area contributed by atoms with Crippen molar-refractivity contribution in [2.24, 2.45) is 0 Å². The molecule has 0 aliphatic carbocycles. The third-order valence-electron chi connectivity index (χ3n) is 2.33. The molecule has 0 atom stereocenters. The first kappa shape index (κ1) is 11.5. The third kappa shape index (κ3) is 1.74. The largest absolute Gasteiger partial charge is 0.343 e. The van der Waals surface area contributed by atoms with E-state index in [4.69, 9.17) is 11.6 Å². The van der Waals surface area contributed by atoms with Gasteiger partial charge in [-0.15, -0.1) is 0 Å². The van der Waals surface area contributed by atoms with Gasteiger partial charge in [0.2, 0.25) is 0 Å². The van der Waals surface area contributed by atoms with Gasteiger partial charge in [0.25, 0.3) is 0 Å². The predicted octanol–water partition coefficient (Wildman–Crippen LogP) is 3.65. The van der Waals surface area contributed by atoms with Gasteiger partial charge in [0.15, 0.2) is 25.2 Å². The van der Waals surface area contributed by atoms with Crippen molar-refractivity contribution in [3.63, 3.8) is 0 Å². The summed E-state index contributed by atoms with van der Waals surface area (Å²) in [5, 5.41) is 0.291. The molecule has 0 radical (unpaired) electrons. The van der Waals surface area contributed by atoms with Crippen LogP contribution in [0.3, 0.4) is 0 Å². The van der Waals surface area contributed by atoms with Crippen LogP contribution in [0.1, 0.15) is 0 Å². The summed E-state index contributed by atoms with van der Waals surface area (Å²) in [5.74, 6) is -1.77. The molecule has 0 N–H and O–H groups in total. The number of nitrogens with zero attached hydrogens (tertiary/aromatic N) is 2. The highest BCUT2D eigenvalue weighted by Gasteiger charge is 2.23. The summed E-state index contributed by atoms with van der Waals surface area (Å²) in [6, 6.07) is 2.23. The van der Waals surface area contributed by atoms with E-state index in [1.807, 2.05) is 4.23 Å². The van der Waals surface area contributed by atoms with Crippen molar-refractivity contribution in [3.05, 3.63) is 29.1 Å². The summed E-state index contributed by atoms with van der Waals surface area (Å²) in [6.07, 6.45) is 0. The van der Waals surface area contributed by atoms with E-state index in [0.29, 0.717) is 16.3 Å². The van der Waals surface area contributed by atoms with E-state index in [1.54, 1.807) is 0 Å². The van der Waals surface area contributed by atoms with Crippen LogP contribution in [0.2, 0.25) is 24.9 Å². The van der Waals surface area contributed by atoms with Gasteiger partial charge < -0.3 is 4.23 Å². The Morgan fingerprint density at radius 1 is 1.19 bits per heavy atom. The van der Waals surface area contributed by atoms with Gasteiger partial charge in [-0.05, 0) is 11.6 Å². The Morgan fingerprint density at radius 3 is 2.31 bits per heavy atom. The van der Waals surface area contributed by atoms with Crippen LogP contribution in [-0.4, -0.2) is 17.5 Å². The Hall–Kier alpha value is -0.943. The summed E-state index contributed by atoms with van der Waals surface area (Å²) < 4.78 is 28.0. The Labute approximate surface area is 97.9 Å². The lowest BCUT2D eigenvalue weighted by molar-refractivity contribution is 0.510. The maximum absolute atomic E-state index is 13.2. The molecule has 0 saturated carbocycles. The normalized spacial score (nSPS) is 12.4. The fraction of sp³-hybridized carbons (Fsp3) is 0.300. The van der Waals surface area contributed by atoms with Crippen LogP contribution in [0.15, 0.2) is 12.1 Å². The molecule has 6 heteroatoms. The fourth-order valence-electron chi connectivity index (χ4n) is 1.68. The molecule has 0 spiro atoms. The lowest BCUT2D eigenvalue weighted by Crippen LogP contribution is -2.31. The van der Waals surface area contributed by atoms with Gasteiger partial charge in [-0.1, -0.05) is 19.6 Å². The second kappa shape index (κ2) is 3.53. The Kier molecular flexibility index (Phi) is 2.55. The van der Waals surface area contributed by atoms with Crippen molar-refractivity contribution in [1.82, 2.24) is 9.22 Å². The Balaban J connectivity index is 2.84. The van der Waals surface area contributed by atoms with Crippen molar-refractivity contribution >= 4 is 30.9 Å². The van der Waals surface area contributed by atoms with Crippen LogP contribution in [0.5, 0.6) is 0 Å². The van der Waals surface area contributed by atoms with Gasteiger partial charge in [-0.3, -0.25) is 0 Å². The second-order valence-corrected chi connectivity index (χ2v) is 9.77. The van der Waals surface area contributed by atoms with Crippen LogP contribution < -0.4 is 0 Å². The van der Waals surface area contributed by atoms with Gasteiger partial charge in [-0.2, -0.15) is 0 Å². The van der Waals surface area contributed by atoms with E-state index in [2.05, 4.69) is 24.6 Å². The zero-order valence-electron chi connectivity index (χ0n) is 9.18. The van der Waals surface area contributed by atoms with Gasteiger partial charge in [0.1, 0.15) is 0 Å². The molecule has 2 aromatic rings. The zero-order valence-corrected chi connectivity index (χ0v) is 10.9. The first-order valence-corrected chi connectivity index (χ1v) is 8.66. The number of rotatable bonds is 1. The molecule has 0 amide bonds. The molecule has 0 unspecified atom stereocenters. The topological polar surface area (TPSA) is 17.8 Å². The van der Waals surface area contributed by atoms with Crippen molar-refractivity contribution in [1.29, 1.82) is 0 Å². The predicted molar refractivity (Wildman–Crippen MR) is 63.4 cm³/mol. The van der Waals surface area contributed by atoms with E-state index in [-0.39, 0.29) is 0 Å². The monoisotopic (exact) mass is 260 g/mol. The average molecular weight is 261 g/mol. The van der Waals surface area contributed by atoms with Gasteiger partial charge >= 0.3 is 0 Å². The number of hydrogen-bond acceptors (Lipinski definition) is 1. The van der Waals surface area contributed by atoms with Crippen LogP contribution in [0, 0.1) is 11.6 Å². The van der Waals surface area contributed by atoms with E-state index < -0.39 is 19.9 Å². The lowest BCUT2D eigenvalue weighted by Gasteiger charge is -2.20. The summed E-state index contributed by atoms with van der Waals surface area (Å²) in [6.45, 7) is 6.17. The summed E-state index contributed by atoms with van der Waals surface area (Å²) >= 11 is 6.00. The minimum atomic E-state index is -1.80. The molecule has 0 bridgehead atoms. The molecular formula is C10H11ClF2N2Si. The lowest BCUT2D eigenvalue weighted by atomic mass is 10.3. The van der Waals surface area contributed by atoms with E-state index in [9.17, 15) is 8.78 Å². The molecule has 0 fully saturated rings. The minimum absolute atomic E-state index is 0.291. The quantitative estimate of drug-likeness (QED) is 0.716. The molecule has 0 aliphatic rings. The first-order valence-electron chi connectivity index (χ1n) is 4.84. The van der Waals surface area contributed by atoms with E-state index in [0.717, 1.165) is 12.1 Å². The van der Waals surface area contributed by atoms with Crippen LogP contribution in [0.4, 0.5) is 8.78 Å². The number of aromatic nitrogens is 2. The number of imidazole rings is 1. The Morgan fingerprint density at radius 2 is 1.75 bits per heavy atom. The molecule has 86 valence electrons. The SMILES string of the molecule is C[Si](C)(C)n1c(Cl)nc2cc(F)c(F)cc21. The Bertz CT molecular complexity index is 560. The average Bonchev–Trinajstić information content (AvgIpc) is 2.40. The maximum atomic E-state index is 13.2. The fourth-order valence-corrected chi connectivity index (χ4v) is 4.13. The standard InChI is InChI=1S/C10H11ClF2N2Si/c1-16(2,3)15-9-5-7(13)6(12)4-8(9)14-10(15)11/h4-5H,1-3H3. The van der Waals surface area contributed by atoms with Gasteiger partial charge in [0, 0.05) is 12.1 Å². The highest BCUT2D eigenvalue weighted by molar-refractivity contribution is 6.76. The summed E-state index contributed by atoms with van der Waals surface area (Å²) in [5.41, 5.74) is 0.953. The smallest absolute Gasteiger partial charge is 0.195 e. The number of fused-ring (bicyclic) bond motifs is 1. The van der Waals surface area contributed by atoms with E-state index >= 15 is 0 Å². The highest BCUT2D eigenvalue weighted by atomic mass is 35.5. The summed E-state index contributed by atoms with van der Waals surface area (Å²) in [4.78, 5) is 4.04. The first-order chi connectivity index (χ1) is 7.30. The highest BCUT2D eigenvalue weighted by Crippen LogP contribution is 2.26. The molecule has 1 heterocycles. The molecule has 16 heavy (non-hydrogen) atoms. The van der Waals surface area contributed by atoms with Gasteiger partial charge in [0.05, 0.1) is 11.0 Å². The molecule has 1 aromatic heterocycles. The van der Waals surface area contributed by atoms with Crippen LogP contribution in [-0.2, 0) is 0 Å². The van der Waals surface area contributed by atoms with Crippen LogP contribution in [0.25, 0.3) is 11.0 Å². The molecule has 1 aromatic carbocycles. The molecule has 0 saturated heterocycles.